The summed E-state index contributed by atoms with van der Waals surface area (Å²) in [6.45, 7) is 19.3. The number of carbonyl (C=O) groups excluding carboxylic acids is 8. The highest BCUT2D eigenvalue weighted by Gasteiger charge is 2.32. The van der Waals surface area contributed by atoms with Crippen LogP contribution in [0.4, 0.5) is 15.3 Å². The fourth-order valence-corrected chi connectivity index (χ4v) is 7.41. The molecule has 0 fully saturated rings. The maximum absolute atomic E-state index is 13.5. The maximum atomic E-state index is 13.5. The van der Waals surface area contributed by atoms with Crippen LogP contribution in [0.5, 0.6) is 0 Å². The van der Waals surface area contributed by atoms with Gasteiger partial charge < -0.3 is 57.0 Å². The van der Waals surface area contributed by atoms with Crippen molar-refractivity contribution < 1.29 is 57.7 Å². The Hall–Kier alpha value is -5.46. The molecule has 4 atom stereocenters. The molecule has 0 unspecified atom stereocenters. The molecule has 19 heteroatoms. The first kappa shape index (κ1) is 64.6. The third-order valence-corrected chi connectivity index (χ3v) is 11.0. The number of urea groups is 2. The standard InChI is InChI=1S/C53H91N7O12/c1-36(2)44(46(65)57-39(26-24-34-55-49(54)68)45(64)56-38-30-28-37(35-61)29-31-38)60-42(62)27-23-21-19-17-15-13-12-14-16-18-20-22-25-40(47(66)71-52(6,7)8)58-50(69)59-41(48(67)72-53(9,10)11)32-33-43(63)70-51(3,4)5/h28-31,36,39-41,44,61H,12-27,32-35H2,1-11H3,(H,56,64)(H,57,65)(H,60,62)(H3,54,55,68)(H2,58,59,69)/t39-,40-,41-,44-/m0/s1. The molecule has 0 saturated carbocycles. The van der Waals surface area contributed by atoms with Crippen LogP contribution in [0.1, 0.15) is 197 Å². The van der Waals surface area contributed by atoms with Gasteiger partial charge >= 0.3 is 30.0 Å². The van der Waals surface area contributed by atoms with E-state index in [1.807, 2.05) is 13.8 Å². The fraction of sp³-hybridized carbons (Fsp3) is 0.736. The van der Waals surface area contributed by atoms with E-state index in [4.69, 9.17) is 19.9 Å². The molecule has 1 aromatic rings. The topological polar surface area (TPSA) is 283 Å². The van der Waals surface area contributed by atoms with Gasteiger partial charge in [-0.1, -0.05) is 96.6 Å². The number of nitrogens with one attached hydrogen (secondary N) is 6. The van der Waals surface area contributed by atoms with E-state index in [1.54, 1.807) is 86.6 Å². The summed E-state index contributed by atoms with van der Waals surface area (Å²) in [5, 5.41) is 25.5. The van der Waals surface area contributed by atoms with E-state index in [0.717, 1.165) is 64.2 Å². The molecule has 19 nitrogen and oxygen atoms in total. The largest absolute Gasteiger partial charge is 0.460 e. The number of amides is 7. The Morgan fingerprint density at radius 1 is 0.542 bits per heavy atom. The molecule has 0 aliphatic carbocycles. The van der Waals surface area contributed by atoms with Gasteiger partial charge in [0.1, 0.15) is 41.0 Å². The predicted octanol–water partition coefficient (Wildman–Crippen LogP) is 7.49. The zero-order valence-corrected chi connectivity index (χ0v) is 45.4. The number of hydrogen-bond donors (Lipinski definition) is 8. The highest BCUT2D eigenvalue weighted by Crippen LogP contribution is 2.18. The smallest absolute Gasteiger partial charge is 0.329 e. The zero-order chi connectivity index (χ0) is 54.5. The van der Waals surface area contributed by atoms with Crippen LogP contribution in [0.3, 0.4) is 0 Å². The molecule has 7 amide bonds. The number of aliphatic hydroxyl groups is 1. The predicted molar refractivity (Wildman–Crippen MR) is 277 cm³/mol. The zero-order valence-electron chi connectivity index (χ0n) is 45.4. The van der Waals surface area contributed by atoms with Crippen LogP contribution in [-0.4, -0.2) is 100 Å². The number of carbonyl (C=O) groups is 8. The monoisotopic (exact) mass is 1020 g/mol. The number of benzene rings is 1. The van der Waals surface area contributed by atoms with Gasteiger partial charge in [0.15, 0.2) is 0 Å². The second kappa shape index (κ2) is 33.3. The van der Waals surface area contributed by atoms with Crippen LogP contribution in [-0.2, 0) is 49.6 Å². The molecule has 0 radical (unpaired) electrons. The Bertz CT molecular complexity index is 1840. The molecule has 0 bridgehead atoms. The maximum Gasteiger partial charge on any atom is 0.329 e. The summed E-state index contributed by atoms with van der Waals surface area (Å²) in [7, 11) is 0. The summed E-state index contributed by atoms with van der Waals surface area (Å²) >= 11 is 0. The number of ether oxygens (including phenoxy) is 3. The first-order valence-electron chi connectivity index (χ1n) is 26.0. The molecule has 0 aliphatic heterocycles. The van der Waals surface area contributed by atoms with Gasteiger partial charge in [-0.3, -0.25) is 19.2 Å². The Morgan fingerprint density at radius 2 is 1.00 bits per heavy atom. The number of anilines is 1. The summed E-state index contributed by atoms with van der Waals surface area (Å²) in [6, 6.07) is 1.28. The number of hydrogen-bond acceptors (Lipinski definition) is 12. The number of unbranched alkanes of at least 4 members (excludes halogenated alkanes) is 11. The molecule has 1 aromatic carbocycles. The van der Waals surface area contributed by atoms with Crippen LogP contribution in [0.2, 0.25) is 0 Å². The Balaban J connectivity index is 2.51. The minimum absolute atomic E-state index is 0.0549. The van der Waals surface area contributed by atoms with Crippen molar-refractivity contribution in [3.63, 3.8) is 0 Å². The van der Waals surface area contributed by atoms with Gasteiger partial charge in [0, 0.05) is 25.1 Å². The van der Waals surface area contributed by atoms with Crippen LogP contribution >= 0.6 is 0 Å². The minimum Gasteiger partial charge on any atom is -0.460 e. The van der Waals surface area contributed by atoms with Gasteiger partial charge in [0.05, 0.1) is 6.61 Å². The number of esters is 3. The van der Waals surface area contributed by atoms with Crippen molar-refractivity contribution in [1.29, 1.82) is 0 Å². The van der Waals surface area contributed by atoms with Crippen molar-refractivity contribution in [2.75, 3.05) is 11.9 Å². The molecule has 9 N–H and O–H groups in total. The molecule has 410 valence electrons. The lowest BCUT2D eigenvalue weighted by Crippen LogP contribution is -2.54. The van der Waals surface area contributed by atoms with Crippen molar-refractivity contribution in [2.45, 2.75) is 239 Å². The van der Waals surface area contributed by atoms with E-state index in [-0.39, 0.29) is 50.7 Å². The third-order valence-electron chi connectivity index (χ3n) is 11.0. The van der Waals surface area contributed by atoms with Gasteiger partial charge in [-0.2, -0.15) is 0 Å². The van der Waals surface area contributed by atoms with Gasteiger partial charge in [-0.05, 0) is 118 Å². The van der Waals surface area contributed by atoms with Crippen molar-refractivity contribution >= 4 is 53.4 Å². The van der Waals surface area contributed by atoms with Crippen LogP contribution < -0.4 is 37.6 Å². The Labute approximate surface area is 429 Å². The van der Waals surface area contributed by atoms with Crippen molar-refractivity contribution in [3.8, 4) is 0 Å². The van der Waals surface area contributed by atoms with Gasteiger partial charge in [0.2, 0.25) is 17.7 Å². The highest BCUT2D eigenvalue weighted by molar-refractivity contribution is 5.98. The van der Waals surface area contributed by atoms with Crippen LogP contribution in [0, 0.1) is 5.92 Å². The SMILES string of the molecule is CC(C)[C@H](NC(=O)CCCCCCCCCCCCCC[C@H](NC(=O)N[C@@H](CCC(=O)OC(C)(C)C)C(=O)OC(C)(C)C)C(=O)OC(C)(C)C)C(=O)N[C@@H](CCCNC(N)=O)C(=O)Nc1ccc(CO)cc1. The van der Waals surface area contributed by atoms with E-state index in [2.05, 4.69) is 31.9 Å². The molecule has 1 rings (SSSR count). The van der Waals surface area contributed by atoms with Crippen molar-refractivity contribution in [1.82, 2.24) is 26.6 Å². The highest BCUT2D eigenvalue weighted by atomic mass is 16.6. The first-order valence-corrected chi connectivity index (χ1v) is 26.0. The quantitative estimate of drug-likeness (QED) is 0.0193. The molecular formula is C53H91N7O12. The van der Waals surface area contributed by atoms with Gasteiger partial charge in [-0.15, -0.1) is 0 Å². The minimum atomic E-state index is -1.16. The number of rotatable bonds is 33. The number of primary amides is 1. The molecule has 0 spiro atoms. The fourth-order valence-electron chi connectivity index (χ4n) is 7.41. The summed E-state index contributed by atoms with van der Waals surface area (Å²) in [5.41, 5.74) is 4.01. The lowest BCUT2D eigenvalue weighted by Gasteiger charge is -2.27. The summed E-state index contributed by atoms with van der Waals surface area (Å²) < 4.78 is 16.5. The van der Waals surface area contributed by atoms with E-state index < -0.39 is 82.8 Å². The molecule has 0 heterocycles. The molecule has 0 aromatic heterocycles. The third kappa shape index (κ3) is 31.8. The lowest BCUT2D eigenvalue weighted by molar-refractivity contribution is -0.159. The van der Waals surface area contributed by atoms with Gasteiger partial charge in [0.25, 0.3) is 0 Å². The van der Waals surface area contributed by atoms with Gasteiger partial charge in [-0.25, -0.2) is 19.2 Å². The summed E-state index contributed by atoms with van der Waals surface area (Å²) in [5.74, 6) is -3.24. The Kier molecular flexibility index (Phi) is 29.9. The molecule has 72 heavy (non-hydrogen) atoms. The molecule has 0 saturated heterocycles. The number of nitrogens with two attached hydrogens (primary N) is 1. The van der Waals surface area contributed by atoms with Crippen molar-refractivity contribution in [2.24, 2.45) is 11.7 Å². The van der Waals surface area contributed by atoms with Crippen molar-refractivity contribution in [3.05, 3.63) is 29.8 Å². The van der Waals surface area contributed by atoms with E-state index in [9.17, 15) is 43.5 Å². The van der Waals surface area contributed by atoms with E-state index in [1.165, 1.54) is 0 Å². The molecule has 0 aliphatic rings. The van der Waals surface area contributed by atoms with Crippen LogP contribution in [0.15, 0.2) is 24.3 Å². The first-order chi connectivity index (χ1) is 33.6. The normalized spacial score (nSPS) is 13.4. The van der Waals surface area contributed by atoms with Crippen LogP contribution in [0.25, 0.3) is 0 Å². The summed E-state index contributed by atoms with van der Waals surface area (Å²) in [6.07, 6.45) is 12.5. The second-order valence-corrected chi connectivity index (χ2v) is 21.8. The number of aliphatic hydroxyl groups excluding tert-OH is 1. The average Bonchev–Trinajstić information content (AvgIpc) is 3.25. The Morgan fingerprint density at radius 3 is 1.46 bits per heavy atom. The second-order valence-electron chi connectivity index (χ2n) is 21.8. The van der Waals surface area contributed by atoms with E-state index >= 15 is 0 Å². The lowest BCUT2D eigenvalue weighted by atomic mass is 10.0. The van der Waals surface area contributed by atoms with E-state index in [0.29, 0.717) is 36.9 Å². The molecular weight excluding hydrogens is 927 g/mol. The average molecular weight is 1020 g/mol. The summed E-state index contributed by atoms with van der Waals surface area (Å²) in [4.78, 5) is 103.